The van der Waals surface area contributed by atoms with Gasteiger partial charge in [-0.2, -0.15) is 0 Å². The highest BCUT2D eigenvalue weighted by Gasteiger charge is 2.21. The molecule has 0 radical (unpaired) electrons. The highest BCUT2D eigenvalue weighted by molar-refractivity contribution is 9.10. The molecule has 4 heteroatoms. The largest absolute Gasteiger partial charge is 0.220 e. The first kappa shape index (κ1) is 18.4. The van der Waals surface area contributed by atoms with Crippen LogP contribution in [0.1, 0.15) is 0 Å². The number of benzene rings is 2. The molecule has 2 aromatic rings. The van der Waals surface area contributed by atoms with Gasteiger partial charge in [-0.05, 0) is 94.9 Å². The van der Waals surface area contributed by atoms with E-state index in [1.807, 2.05) is 0 Å². The molecule has 0 aromatic heterocycles. The van der Waals surface area contributed by atoms with Crippen molar-refractivity contribution >= 4 is 51.9 Å². The van der Waals surface area contributed by atoms with Crippen LogP contribution in [0.15, 0.2) is 67.3 Å². The molecule has 0 atom stereocenters. The summed E-state index contributed by atoms with van der Waals surface area (Å²) in [7, 11) is -1.47. The molecule has 0 N–H and O–H groups in total. The zero-order valence-electron chi connectivity index (χ0n) is 13.6. The maximum absolute atomic E-state index is 3.53. The van der Waals surface area contributed by atoms with Crippen LogP contribution in [0, 0.1) is 0 Å². The van der Waals surface area contributed by atoms with Crippen LogP contribution in [-0.4, -0.2) is 36.5 Å². The van der Waals surface area contributed by atoms with Crippen molar-refractivity contribution in [3.63, 3.8) is 0 Å². The normalized spacial score (nSPS) is 13.9. The van der Waals surface area contributed by atoms with Gasteiger partial charge in [-0.1, -0.05) is 31.9 Å². The molecular formula is C18H24Br2S2. The van der Waals surface area contributed by atoms with Gasteiger partial charge in [0.15, 0.2) is 0 Å². The maximum Gasteiger partial charge on any atom is 0.0176 e. The Bertz CT molecular complexity index is 559. The number of halogens is 2. The Morgan fingerprint density at radius 2 is 0.864 bits per heavy atom. The molecule has 22 heavy (non-hydrogen) atoms. The van der Waals surface area contributed by atoms with Gasteiger partial charge in [-0.15, -0.1) is 0 Å². The summed E-state index contributed by atoms with van der Waals surface area (Å²) in [6, 6.07) is 17.8. The molecule has 0 aliphatic carbocycles. The molecule has 0 spiro atoms. The number of hydrogen-bond donors (Lipinski definition) is 0. The standard InChI is InChI=1S/C18H24Br2S2/c1-21(2,17-9-5-15(19)6-10-17)13-14-22(3,4)18-11-7-16(20)8-12-18/h5-12H,13-14H2,1-4H3. The van der Waals surface area contributed by atoms with Crippen molar-refractivity contribution in [2.45, 2.75) is 9.79 Å². The van der Waals surface area contributed by atoms with Gasteiger partial charge in [0, 0.05) is 8.95 Å². The first-order valence-corrected chi connectivity index (χ1v) is 14.0. The average Bonchev–Trinajstić information content (AvgIpc) is 2.46. The lowest BCUT2D eigenvalue weighted by Crippen LogP contribution is -2.12. The third-order valence-electron chi connectivity index (χ3n) is 4.01. The van der Waals surface area contributed by atoms with E-state index in [0.29, 0.717) is 0 Å². The molecule has 0 saturated heterocycles. The third kappa shape index (κ3) is 4.80. The molecular weight excluding hydrogens is 440 g/mol. The van der Waals surface area contributed by atoms with E-state index in [2.05, 4.69) is 105 Å². The van der Waals surface area contributed by atoms with Crippen LogP contribution in [0.5, 0.6) is 0 Å². The number of rotatable bonds is 5. The van der Waals surface area contributed by atoms with E-state index in [0.717, 1.165) is 8.95 Å². The third-order valence-corrected chi connectivity index (χ3v) is 10.9. The van der Waals surface area contributed by atoms with Gasteiger partial charge in [0.05, 0.1) is 0 Å². The van der Waals surface area contributed by atoms with Crippen molar-refractivity contribution in [3.8, 4) is 0 Å². The Labute approximate surface area is 155 Å². The Kier molecular flexibility index (Phi) is 6.14. The Morgan fingerprint density at radius 3 is 1.14 bits per heavy atom. The van der Waals surface area contributed by atoms with Gasteiger partial charge in [-0.25, -0.2) is 20.1 Å². The molecule has 2 rings (SSSR count). The molecule has 0 saturated carbocycles. The van der Waals surface area contributed by atoms with Crippen molar-refractivity contribution in [1.82, 2.24) is 0 Å². The summed E-state index contributed by atoms with van der Waals surface area (Å²) in [6.07, 6.45) is 9.75. The Morgan fingerprint density at radius 1 is 0.591 bits per heavy atom. The van der Waals surface area contributed by atoms with E-state index in [9.17, 15) is 0 Å². The second-order valence-corrected chi connectivity index (χ2v) is 16.1. The minimum Gasteiger partial charge on any atom is -0.220 e. The lowest BCUT2D eigenvalue weighted by atomic mass is 10.4. The van der Waals surface area contributed by atoms with Gasteiger partial charge < -0.3 is 0 Å². The second-order valence-electron chi connectivity index (χ2n) is 6.39. The van der Waals surface area contributed by atoms with E-state index in [1.165, 1.54) is 21.3 Å². The molecule has 2 aromatic carbocycles. The molecule has 0 aliphatic rings. The Balaban J connectivity index is 2.10. The zero-order valence-corrected chi connectivity index (χ0v) is 18.4. The summed E-state index contributed by atoms with van der Waals surface area (Å²) in [4.78, 5) is 3.00. The van der Waals surface area contributed by atoms with Crippen molar-refractivity contribution in [3.05, 3.63) is 57.5 Å². The minimum absolute atomic E-state index is 0.736. The van der Waals surface area contributed by atoms with Crippen LogP contribution >= 0.6 is 51.9 Å². The minimum atomic E-state index is -0.736. The van der Waals surface area contributed by atoms with Gasteiger partial charge in [0.1, 0.15) is 0 Å². The Hall–Kier alpha value is 0.1000. The van der Waals surface area contributed by atoms with Gasteiger partial charge in [0.25, 0.3) is 0 Å². The molecule has 0 bridgehead atoms. The lowest BCUT2D eigenvalue weighted by Gasteiger charge is -2.39. The summed E-state index contributed by atoms with van der Waals surface area (Å²) in [5.74, 6) is 2.57. The zero-order chi connectivity index (χ0) is 16.4. The fourth-order valence-electron chi connectivity index (χ4n) is 2.26. The molecule has 122 valence electrons. The van der Waals surface area contributed by atoms with Crippen LogP contribution < -0.4 is 0 Å². The first-order chi connectivity index (χ1) is 10.2. The number of hydrogen-bond acceptors (Lipinski definition) is 0. The first-order valence-electron chi connectivity index (χ1n) is 7.14. The monoisotopic (exact) mass is 462 g/mol. The summed E-state index contributed by atoms with van der Waals surface area (Å²) in [5, 5.41) is 0. The van der Waals surface area contributed by atoms with E-state index >= 15 is 0 Å². The van der Waals surface area contributed by atoms with Crippen LogP contribution in [0.3, 0.4) is 0 Å². The highest BCUT2D eigenvalue weighted by Crippen LogP contribution is 2.55. The van der Waals surface area contributed by atoms with Crippen LogP contribution in [0.25, 0.3) is 0 Å². The molecule has 0 heterocycles. The van der Waals surface area contributed by atoms with E-state index in [4.69, 9.17) is 0 Å². The summed E-state index contributed by atoms with van der Waals surface area (Å²) in [6.45, 7) is 0. The van der Waals surface area contributed by atoms with Gasteiger partial charge >= 0.3 is 0 Å². The van der Waals surface area contributed by atoms with E-state index < -0.39 is 20.1 Å². The fourth-order valence-corrected chi connectivity index (χ4v) is 8.34. The molecule has 0 aliphatic heterocycles. The fraction of sp³-hybridized carbons (Fsp3) is 0.333. The van der Waals surface area contributed by atoms with Crippen molar-refractivity contribution < 1.29 is 0 Å². The highest BCUT2D eigenvalue weighted by atomic mass is 79.9. The predicted octanol–water partition coefficient (Wildman–Crippen LogP) is 6.76. The smallest absolute Gasteiger partial charge is 0.0176 e. The molecule has 0 nitrogen and oxygen atoms in total. The molecule has 0 fully saturated rings. The van der Waals surface area contributed by atoms with Crippen LogP contribution in [0.4, 0.5) is 0 Å². The lowest BCUT2D eigenvalue weighted by molar-refractivity contribution is 1.34. The molecule has 0 amide bonds. The second kappa shape index (κ2) is 7.33. The van der Waals surface area contributed by atoms with Crippen molar-refractivity contribution in [2.75, 3.05) is 36.5 Å². The summed E-state index contributed by atoms with van der Waals surface area (Å²) < 4.78 is 2.32. The SMILES string of the molecule is CS(C)(CCS(C)(C)c1ccc(Br)cc1)c1ccc(Br)cc1. The summed E-state index contributed by atoms with van der Waals surface area (Å²) >= 11 is 7.06. The topological polar surface area (TPSA) is 0 Å². The van der Waals surface area contributed by atoms with E-state index in [-0.39, 0.29) is 0 Å². The van der Waals surface area contributed by atoms with Gasteiger partial charge in [-0.3, -0.25) is 0 Å². The molecule has 0 unspecified atom stereocenters. The van der Waals surface area contributed by atoms with Gasteiger partial charge in [0.2, 0.25) is 0 Å². The quantitative estimate of drug-likeness (QED) is 0.459. The van der Waals surface area contributed by atoms with Crippen LogP contribution in [-0.2, 0) is 0 Å². The van der Waals surface area contributed by atoms with Crippen molar-refractivity contribution in [1.29, 1.82) is 0 Å². The average molecular weight is 464 g/mol. The van der Waals surface area contributed by atoms with E-state index in [1.54, 1.807) is 0 Å². The van der Waals surface area contributed by atoms with Crippen molar-refractivity contribution in [2.24, 2.45) is 0 Å². The predicted molar refractivity (Wildman–Crippen MR) is 113 cm³/mol. The summed E-state index contributed by atoms with van der Waals surface area (Å²) in [5.41, 5.74) is 0. The van der Waals surface area contributed by atoms with Crippen LogP contribution in [0.2, 0.25) is 0 Å². The maximum atomic E-state index is 3.53.